The van der Waals surface area contributed by atoms with E-state index < -0.39 is 0 Å². The van der Waals surface area contributed by atoms with Crippen molar-refractivity contribution in [3.63, 3.8) is 0 Å². The summed E-state index contributed by atoms with van der Waals surface area (Å²) >= 11 is 0. The molecule has 0 radical (unpaired) electrons. The predicted molar refractivity (Wildman–Crippen MR) is 83.9 cm³/mol. The van der Waals surface area contributed by atoms with Crippen LogP contribution in [0.5, 0.6) is 0 Å². The zero-order valence-corrected chi connectivity index (χ0v) is 11.6. The van der Waals surface area contributed by atoms with E-state index in [9.17, 15) is 4.79 Å². The fourth-order valence-electron chi connectivity index (χ4n) is 2.75. The van der Waals surface area contributed by atoms with Crippen LogP contribution in [0.25, 0.3) is 0 Å². The van der Waals surface area contributed by atoms with Crippen LogP contribution in [0.1, 0.15) is 35.8 Å². The third kappa shape index (κ3) is 3.45. The van der Waals surface area contributed by atoms with Crippen molar-refractivity contribution in [3.8, 4) is 0 Å². The molecule has 0 amide bonds. The molecule has 0 heterocycles. The summed E-state index contributed by atoms with van der Waals surface area (Å²) in [6, 6.07) is 20.7. The third-order valence-electron chi connectivity index (χ3n) is 3.71. The van der Waals surface area contributed by atoms with E-state index in [2.05, 4.69) is 30.8 Å². The van der Waals surface area contributed by atoms with E-state index in [1.807, 2.05) is 42.5 Å². The first kappa shape index (κ1) is 14.3. The first-order valence-electron chi connectivity index (χ1n) is 7.01. The molecule has 0 saturated heterocycles. The second-order valence-corrected chi connectivity index (χ2v) is 4.96. The molecule has 0 aliphatic carbocycles. The summed E-state index contributed by atoms with van der Waals surface area (Å²) in [4.78, 5) is 11.1. The third-order valence-corrected chi connectivity index (χ3v) is 3.71. The molecule has 0 N–H and O–H groups in total. The SMILES string of the molecule is C=CCC(c1ccccc1)[C@@H](CC=O)c1ccccc1. The van der Waals surface area contributed by atoms with Crippen molar-refractivity contribution in [2.75, 3.05) is 0 Å². The van der Waals surface area contributed by atoms with E-state index in [-0.39, 0.29) is 5.92 Å². The number of hydrogen-bond acceptors (Lipinski definition) is 1. The molecular weight excluding hydrogens is 244 g/mol. The highest BCUT2D eigenvalue weighted by atomic mass is 16.1. The summed E-state index contributed by atoms with van der Waals surface area (Å²) in [5.74, 6) is 0.496. The second kappa shape index (κ2) is 7.44. The fourth-order valence-corrected chi connectivity index (χ4v) is 2.75. The minimum absolute atomic E-state index is 0.203. The maximum atomic E-state index is 11.1. The quantitative estimate of drug-likeness (QED) is 0.522. The van der Waals surface area contributed by atoms with E-state index in [1.54, 1.807) is 0 Å². The summed E-state index contributed by atoms with van der Waals surface area (Å²) in [6.07, 6.45) is 4.38. The summed E-state index contributed by atoms with van der Waals surface area (Å²) < 4.78 is 0. The Morgan fingerprint density at radius 1 is 0.800 bits per heavy atom. The highest BCUT2D eigenvalue weighted by Crippen LogP contribution is 2.37. The number of carbonyl (C=O) groups is 1. The van der Waals surface area contributed by atoms with Crippen molar-refractivity contribution >= 4 is 6.29 Å². The summed E-state index contributed by atoms with van der Waals surface area (Å²) in [5.41, 5.74) is 2.48. The Morgan fingerprint density at radius 2 is 1.25 bits per heavy atom. The standard InChI is InChI=1S/C19H20O/c1-2-9-18(16-10-5-3-6-11-16)19(14-15-20)17-12-7-4-8-13-17/h2-8,10-13,15,18-19H,1,9,14H2/t18?,19-/m0/s1. The van der Waals surface area contributed by atoms with E-state index in [4.69, 9.17) is 0 Å². The van der Waals surface area contributed by atoms with Gasteiger partial charge in [0.05, 0.1) is 0 Å². The lowest BCUT2D eigenvalue weighted by molar-refractivity contribution is -0.108. The van der Waals surface area contributed by atoms with Gasteiger partial charge in [-0.05, 0) is 29.4 Å². The molecule has 2 aromatic rings. The molecule has 1 unspecified atom stereocenters. The van der Waals surface area contributed by atoms with E-state index in [1.165, 1.54) is 11.1 Å². The molecule has 0 aromatic heterocycles. The van der Waals surface area contributed by atoms with Crippen molar-refractivity contribution in [1.82, 2.24) is 0 Å². The predicted octanol–water partition coefficient (Wildman–Crippen LogP) is 4.72. The Balaban J connectivity index is 2.37. The zero-order chi connectivity index (χ0) is 14.2. The van der Waals surface area contributed by atoms with E-state index in [0.717, 1.165) is 12.7 Å². The number of allylic oxidation sites excluding steroid dienone is 1. The normalized spacial score (nSPS) is 13.4. The van der Waals surface area contributed by atoms with Gasteiger partial charge >= 0.3 is 0 Å². The number of benzene rings is 2. The number of aldehydes is 1. The largest absolute Gasteiger partial charge is 0.303 e. The van der Waals surface area contributed by atoms with Gasteiger partial charge in [0.25, 0.3) is 0 Å². The van der Waals surface area contributed by atoms with Crippen LogP contribution in [0.2, 0.25) is 0 Å². The molecule has 20 heavy (non-hydrogen) atoms. The molecule has 2 rings (SSSR count). The van der Waals surface area contributed by atoms with Crippen LogP contribution in [-0.2, 0) is 4.79 Å². The maximum absolute atomic E-state index is 11.1. The Morgan fingerprint density at radius 3 is 1.65 bits per heavy atom. The number of carbonyl (C=O) groups excluding carboxylic acids is 1. The van der Waals surface area contributed by atoms with Crippen molar-refractivity contribution in [1.29, 1.82) is 0 Å². The summed E-state index contributed by atoms with van der Waals surface area (Å²) in [5, 5.41) is 0. The number of rotatable bonds is 7. The van der Waals surface area contributed by atoms with Gasteiger partial charge in [0, 0.05) is 6.42 Å². The smallest absolute Gasteiger partial charge is 0.120 e. The molecule has 0 fully saturated rings. The molecule has 0 saturated carbocycles. The molecule has 2 atom stereocenters. The van der Waals surface area contributed by atoms with Gasteiger partial charge in [0.1, 0.15) is 6.29 Å². The van der Waals surface area contributed by atoms with Crippen LogP contribution >= 0.6 is 0 Å². The molecule has 0 aliphatic heterocycles. The van der Waals surface area contributed by atoms with Gasteiger partial charge in [-0.3, -0.25) is 0 Å². The van der Waals surface area contributed by atoms with Crippen LogP contribution in [0.3, 0.4) is 0 Å². The molecule has 0 spiro atoms. The van der Waals surface area contributed by atoms with Crippen molar-refractivity contribution < 1.29 is 4.79 Å². The minimum atomic E-state index is 0.203. The monoisotopic (exact) mass is 264 g/mol. The molecule has 0 aliphatic rings. The number of hydrogen-bond donors (Lipinski definition) is 0. The van der Waals surface area contributed by atoms with Gasteiger partial charge < -0.3 is 4.79 Å². The lowest BCUT2D eigenvalue weighted by atomic mass is 9.78. The fraction of sp³-hybridized carbons (Fsp3) is 0.211. The topological polar surface area (TPSA) is 17.1 Å². The van der Waals surface area contributed by atoms with Crippen LogP contribution in [0.4, 0.5) is 0 Å². The average Bonchev–Trinajstić information content (AvgIpc) is 2.52. The molecular formula is C19H20O. The maximum Gasteiger partial charge on any atom is 0.120 e. The summed E-state index contributed by atoms with van der Waals surface area (Å²) in [6.45, 7) is 3.87. The van der Waals surface area contributed by atoms with Gasteiger partial charge in [0.15, 0.2) is 0 Å². The highest BCUT2D eigenvalue weighted by molar-refractivity contribution is 5.52. The van der Waals surface area contributed by atoms with Gasteiger partial charge in [-0.15, -0.1) is 6.58 Å². The van der Waals surface area contributed by atoms with Gasteiger partial charge in [-0.2, -0.15) is 0 Å². The van der Waals surface area contributed by atoms with Crippen molar-refractivity contribution in [2.45, 2.75) is 24.7 Å². The lowest BCUT2D eigenvalue weighted by Crippen LogP contribution is -2.12. The zero-order valence-electron chi connectivity index (χ0n) is 11.6. The summed E-state index contributed by atoms with van der Waals surface area (Å²) in [7, 11) is 0. The Bertz CT molecular complexity index is 479. The molecule has 0 bridgehead atoms. The Hall–Kier alpha value is -2.15. The second-order valence-electron chi connectivity index (χ2n) is 4.96. The van der Waals surface area contributed by atoms with Crippen LogP contribution in [0.15, 0.2) is 73.3 Å². The van der Waals surface area contributed by atoms with Crippen LogP contribution < -0.4 is 0 Å². The van der Waals surface area contributed by atoms with Crippen molar-refractivity contribution in [2.24, 2.45) is 0 Å². The van der Waals surface area contributed by atoms with Crippen LogP contribution in [-0.4, -0.2) is 6.29 Å². The molecule has 1 nitrogen and oxygen atoms in total. The average molecular weight is 264 g/mol. The molecule has 102 valence electrons. The molecule has 2 aromatic carbocycles. The van der Waals surface area contributed by atoms with Crippen LogP contribution in [0, 0.1) is 0 Å². The first-order valence-corrected chi connectivity index (χ1v) is 7.01. The van der Waals surface area contributed by atoms with E-state index >= 15 is 0 Å². The van der Waals surface area contributed by atoms with E-state index in [0.29, 0.717) is 12.3 Å². The minimum Gasteiger partial charge on any atom is -0.303 e. The van der Waals surface area contributed by atoms with Crippen molar-refractivity contribution in [3.05, 3.63) is 84.4 Å². The Kier molecular flexibility index (Phi) is 5.31. The van der Waals surface area contributed by atoms with Gasteiger partial charge in [-0.1, -0.05) is 66.7 Å². The Labute approximate surface area is 121 Å². The first-order chi connectivity index (χ1) is 9.86. The highest BCUT2D eigenvalue weighted by Gasteiger charge is 2.23. The van der Waals surface area contributed by atoms with Gasteiger partial charge in [0.2, 0.25) is 0 Å². The molecule has 1 heteroatoms. The van der Waals surface area contributed by atoms with Gasteiger partial charge in [-0.25, -0.2) is 0 Å². The lowest BCUT2D eigenvalue weighted by Gasteiger charge is -2.26.